The van der Waals surface area contributed by atoms with E-state index in [2.05, 4.69) is 5.92 Å². The van der Waals surface area contributed by atoms with Gasteiger partial charge in [0.25, 0.3) is 0 Å². The summed E-state index contributed by atoms with van der Waals surface area (Å²) in [6, 6.07) is 5.67. The lowest BCUT2D eigenvalue weighted by atomic mass is 10.1. The number of amides is 1. The van der Waals surface area contributed by atoms with Gasteiger partial charge < -0.3 is 9.47 Å². The minimum absolute atomic E-state index is 0.0770. The number of benzene rings is 1. The number of terminal acetylenes is 1. The van der Waals surface area contributed by atoms with Gasteiger partial charge in [-0.2, -0.15) is 0 Å². The Hall–Kier alpha value is -1.71. The highest BCUT2D eigenvalue weighted by molar-refractivity contribution is 8.24. The molecular formula is C17H19NO3S2. The van der Waals surface area contributed by atoms with Gasteiger partial charge in [0.2, 0.25) is 5.91 Å². The van der Waals surface area contributed by atoms with E-state index in [0.29, 0.717) is 35.4 Å². The molecule has 0 radical (unpaired) electrons. The Bertz CT molecular complexity index is 639. The summed E-state index contributed by atoms with van der Waals surface area (Å²) in [5, 5.41) is -0.172. The number of carbonyl (C=O) groups excluding carboxylic acids is 1. The topological polar surface area (TPSA) is 38.8 Å². The van der Waals surface area contributed by atoms with Crippen molar-refractivity contribution in [1.82, 2.24) is 4.90 Å². The Morgan fingerprint density at radius 3 is 2.74 bits per heavy atom. The fourth-order valence-corrected chi connectivity index (χ4v) is 3.97. The van der Waals surface area contributed by atoms with Crippen LogP contribution >= 0.6 is 24.0 Å². The first kappa shape index (κ1) is 17.6. The molecule has 0 aliphatic carbocycles. The SMILES string of the molecule is C#CCOc1ccc(C[C@@H]2SC(=S)N(CC)C2=O)cc1OCC. The molecule has 122 valence electrons. The zero-order valence-corrected chi connectivity index (χ0v) is 14.8. The molecule has 1 heterocycles. The molecule has 6 heteroatoms. The molecule has 0 bridgehead atoms. The molecule has 1 aliphatic heterocycles. The van der Waals surface area contributed by atoms with E-state index in [4.69, 9.17) is 28.1 Å². The van der Waals surface area contributed by atoms with Gasteiger partial charge in [0.05, 0.1) is 11.9 Å². The smallest absolute Gasteiger partial charge is 0.241 e. The number of nitrogens with zero attached hydrogens (tertiary/aromatic N) is 1. The summed E-state index contributed by atoms with van der Waals surface area (Å²) in [6.07, 6.45) is 5.83. The van der Waals surface area contributed by atoms with Crippen molar-refractivity contribution in [3.63, 3.8) is 0 Å². The number of ether oxygens (including phenoxy) is 2. The minimum Gasteiger partial charge on any atom is -0.490 e. The van der Waals surface area contributed by atoms with E-state index < -0.39 is 0 Å². The Balaban J connectivity index is 2.14. The number of carbonyl (C=O) groups is 1. The molecule has 2 rings (SSSR count). The maximum absolute atomic E-state index is 12.3. The molecule has 1 aromatic rings. The Labute approximate surface area is 146 Å². The minimum atomic E-state index is -0.172. The van der Waals surface area contributed by atoms with Crippen molar-refractivity contribution >= 4 is 34.2 Å². The molecule has 4 nitrogen and oxygen atoms in total. The summed E-state index contributed by atoms with van der Waals surface area (Å²) in [4.78, 5) is 14.0. The second kappa shape index (κ2) is 8.23. The molecule has 0 unspecified atom stereocenters. The monoisotopic (exact) mass is 349 g/mol. The lowest BCUT2D eigenvalue weighted by molar-refractivity contribution is -0.125. The van der Waals surface area contributed by atoms with Crippen molar-refractivity contribution < 1.29 is 14.3 Å². The summed E-state index contributed by atoms with van der Waals surface area (Å²) < 4.78 is 11.7. The Kier molecular flexibility index (Phi) is 6.31. The van der Waals surface area contributed by atoms with Crippen molar-refractivity contribution in [2.75, 3.05) is 19.8 Å². The predicted octanol–water partition coefficient (Wildman–Crippen LogP) is 2.89. The summed E-state index contributed by atoms with van der Waals surface area (Å²) >= 11 is 6.70. The molecule has 1 aliphatic rings. The largest absolute Gasteiger partial charge is 0.490 e. The first-order valence-electron chi connectivity index (χ1n) is 7.44. The van der Waals surface area contributed by atoms with Crippen LogP contribution in [0.1, 0.15) is 19.4 Å². The number of hydrogen-bond donors (Lipinski definition) is 0. The predicted molar refractivity (Wildman–Crippen MR) is 97.0 cm³/mol. The molecule has 0 N–H and O–H groups in total. The zero-order valence-electron chi connectivity index (χ0n) is 13.2. The van der Waals surface area contributed by atoms with Gasteiger partial charge >= 0.3 is 0 Å². The third-order valence-corrected chi connectivity index (χ3v) is 4.95. The Morgan fingerprint density at radius 2 is 2.13 bits per heavy atom. The fourth-order valence-electron chi connectivity index (χ4n) is 2.31. The quantitative estimate of drug-likeness (QED) is 0.559. The second-order valence-corrected chi connectivity index (χ2v) is 6.70. The number of thioether (sulfide) groups is 1. The van der Waals surface area contributed by atoms with Crippen LogP contribution in [-0.4, -0.2) is 40.1 Å². The van der Waals surface area contributed by atoms with E-state index >= 15 is 0 Å². The summed E-state index contributed by atoms with van der Waals surface area (Å²) in [6.45, 7) is 5.17. The molecule has 0 aromatic heterocycles. The molecule has 0 saturated carbocycles. The van der Waals surface area contributed by atoms with Crippen LogP contribution in [0.2, 0.25) is 0 Å². The van der Waals surface area contributed by atoms with Crippen LogP contribution in [0.4, 0.5) is 0 Å². The van der Waals surface area contributed by atoms with Crippen LogP contribution in [0.5, 0.6) is 11.5 Å². The van der Waals surface area contributed by atoms with Gasteiger partial charge in [-0.1, -0.05) is 36.0 Å². The maximum atomic E-state index is 12.3. The van der Waals surface area contributed by atoms with Gasteiger partial charge in [0.1, 0.15) is 10.9 Å². The van der Waals surface area contributed by atoms with E-state index in [1.165, 1.54) is 11.8 Å². The Morgan fingerprint density at radius 1 is 1.35 bits per heavy atom. The first-order valence-corrected chi connectivity index (χ1v) is 8.73. The van der Waals surface area contributed by atoms with Crippen LogP contribution in [-0.2, 0) is 11.2 Å². The highest BCUT2D eigenvalue weighted by Gasteiger charge is 2.35. The molecule has 1 saturated heterocycles. The maximum Gasteiger partial charge on any atom is 0.241 e. The van der Waals surface area contributed by atoms with Crippen molar-refractivity contribution in [3.8, 4) is 23.8 Å². The van der Waals surface area contributed by atoms with Crippen LogP contribution in [0.15, 0.2) is 18.2 Å². The molecule has 23 heavy (non-hydrogen) atoms. The van der Waals surface area contributed by atoms with E-state index in [1.54, 1.807) is 4.90 Å². The third kappa shape index (κ3) is 4.18. The summed E-state index contributed by atoms with van der Waals surface area (Å²) in [7, 11) is 0. The highest BCUT2D eigenvalue weighted by atomic mass is 32.2. The molecule has 1 aromatic carbocycles. The van der Waals surface area contributed by atoms with Gasteiger partial charge in [-0.15, -0.1) is 6.42 Å². The van der Waals surface area contributed by atoms with Crippen LogP contribution in [0.3, 0.4) is 0 Å². The average molecular weight is 349 g/mol. The molecular weight excluding hydrogens is 330 g/mol. The van der Waals surface area contributed by atoms with Crippen molar-refractivity contribution in [2.24, 2.45) is 0 Å². The van der Waals surface area contributed by atoms with Gasteiger partial charge in [0, 0.05) is 6.54 Å². The van der Waals surface area contributed by atoms with Crippen LogP contribution in [0, 0.1) is 12.3 Å². The number of thiocarbonyl (C=S) groups is 1. The van der Waals surface area contributed by atoms with Crippen molar-refractivity contribution in [3.05, 3.63) is 23.8 Å². The fraction of sp³-hybridized carbons (Fsp3) is 0.412. The lowest BCUT2D eigenvalue weighted by Gasteiger charge is -2.14. The molecule has 1 fully saturated rings. The van der Waals surface area contributed by atoms with Gasteiger partial charge in [-0.25, -0.2) is 0 Å². The van der Waals surface area contributed by atoms with E-state index in [-0.39, 0.29) is 17.8 Å². The van der Waals surface area contributed by atoms with Gasteiger partial charge in [-0.3, -0.25) is 9.69 Å². The van der Waals surface area contributed by atoms with E-state index in [0.717, 1.165) is 5.56 Å². The van der Waals surface area contributed by atoms with Crippen molar-refractivity contribution in [2.45, 2.75) is 25.5 Å². The summed E-state index contributed by atoms with van der Waals surface area (Å²) in [5.41, 5.74) is 1.01. The lowest BCUT2D eigenvalue weighted by Crippen LogP contribution is -2.31. The van der Waals surface area contributed by atoms with E-state index in [9.17, 15) is 4.79 Å². The standard InChI is InChI=1S/C17H19NO3S2/c1-4-9-21-13-8-7-12(10-14(13)20-6-3)11-15-16(19)18(5-2)17(22)23-15/h1,7-8,10,15H,5-6,9,11H2,2-3H3/t15-/m0/s1. The van der Waals surface area contributed by atoms with Crippen LogP contribution in [0.25, 0.3) is 0 Å². The van der Waals surface area contributed by atoms with Gasteiger partial charge in [-0.05, 0) is 38.0 Å². The van der Waals surface area contributed by atoms with Crippen molar-refractivity contribution in [1.29, 1.82) is 0 Å². The van der Waals surface area contributed by atoms with E-state index in [1.807, 2.05) is 32.0 Å². The average Bonchev–Trinajstić information content (AvgIpc) is 2.80. The summed E-state index contributed by atoms with van der Waals surface area (Å²) in [5.74, 6) is 3.77. The highest BCUT2D eigenvalue weighted by Crippen LogP contribution is 2.33. The normalized spacial score (nSPS) is 17.3. The first-order chi connectivity index (χ1) is 11.1. The van der Waals surface area contributed by atoms with Crippen LogP contribution < -0.4 is 9.47 Å². The van der Waals surface area contributed by atoms with Gasteiger partial charge in [0.15, 0.2) is 11.5 Å². The molecule has 1 atom stereocenters. The number of hydrogen-bond acceptors (Lipinski definition) is 5. The molecule has 0 spiro atoms. The zero-order chi connectivity index (χ0) is 16.8. The molecule has 1 amide bonds. The third-order valence-electron chi connectivity index (χ3n) is 3.36. The number of rotatable bonds is 7. The second-order valence-electron chi connectivity index (χ2n) is 4.87.